The number of rotatable bonds is 2. The molecule has 0 atom stereocenters. The van der Waals surface area contributed by atoms with E-state index < -0.39 is 0 Å². The predicted molar refractivity (Wildman–Crippen MR) is 69.8 cm³/mol. The molecule has 0 aliphatic carbocycles. The van der Waals surface area contributed by atoms with Crippen LogP contribution in [0.15, 0.2) is 6.20 Å². The molecule has 19 heavy (non-hydrogen) atoms. The number of nitrogens with one attached hydrogen (secondary N) is 1. The van der Waals surface area contributed by atoms with Gasteiger partial charge in [-0.15, -0.1) is 0 Å². The maximum absolute atomic E-state index is 12.0. The number of nitrogens with zero attached hydrogens (tertiary/aromatic N) is 3. The molecule has 1 fully saturated rings. The lowest BCUT2D eigenvalue weighted by molar-refractivity contribution is 0.0531. The van der Waals surface area contributed by atoms with E-state index in [0.29, 0.717) is 32.8 Å². The van der Waals surface area contributed by atoms with Gasteiger partial charge < -0.3 is 15.0 Å². The maximum Gasteiger partial charge on any atom is 0.317 e. The van der Waals surface area contributed by atoms with Gasteiger partial charge in [-0.25, -0.2) is 4.79 Å². The molecule has 1 N–H and O–H groups in total. The molecule has 1 aromatic heterocycles. The summed E-state index contributed by atoms with van der Waals surface area (Å²) in [6.07, 6.45) is 5.38. The normalized spacial score (nSPS) is 19.1. The van der Waals surface area contributed by atoms with Gasteiger partial charge in [-0.05, 0) is 19.3 Å². The van der Waals surface area contributed by atoms with Crippen LogP contribution in [0, 0.1) is 0 Å². The molecule has 0 bridgehead atoms. The number of ether oxygens (including phenoxy) is 1. The van der Waals surface area contributed by atoms with Crippen molar-refractivity contribution in [3.05, 3.63) is 17.5 Å². The first-order valence-corrected chi connectivity index (χ1v) is 6.98. The molecule has 6 heteroatoms. The lowest BCUT2D eigenvalue weighted by atomic mass is 10.1. The molecule has 1 saturated heterocycles. The number of hydrogen-bond donors (Lipinski definition) is 1. The average Bonchev–Trinajstić information content (AvgIpc) is 2.89. The van der Waals surface area contributed by atoms with Crippen LogP contribution in [0.5, 0.6) is 0 Å². The molecular formula is C13H20N4O2. The first-order chi connectivity index (χ1) is 9.34. The van der Waals surface area contributed by atoms with Crippen LogP contribution < -0.4 is 5.32 Å². The number of morpholine rings is 1. The Morgan fingerprint density at radius 2 is 2.16 bits per heavy atom. The minimum atomic E-state index is -0.000871. The Morgan fingerprint density at radius 1 is 1.32 bits per heavy atom. The second kappa shape index (κ2) is 5.61. The van der Waals surface area contributed by atoms with Crippen LogP contribution in [-0.4, -0.2) is 47.0 Å². The number of fused-ring (bicyclic) bond motifs is 1. The Labute approximate surface area is 112 Å². The molecule has 0 radical (unpaired) electrons. The average molecular weight is 264 g/mol. The summed E-state index contributed by atoms with van der Waals surface area (Å²) in [6, 6.07) is -0.000871. The summed E-state index contributed by atoms with van der Waals surface area (Å²) in [5.41, 5.74) is 2.44. The van der Waals surface area contributed by atoms with Crippen LogP contribution in [0.3, 0.4) is 0 Å². The summed E-state index contributed by atoms with van der Waals surface area (Å²) < 4.78 is 7.31. The van der Waals surface area contributed by atoms with Crippen LogP contribution in [0.1, 0.15) is 24.1 Å². The highest BCUT2D eigenvalue weighted by atomic mass is 16.5. The minimum absolute atomic E-state index is 0.000871. The first kappa shape index (κ1) is 12.5. The number of amides is 2. The zero-order chi connectivity index (χ0) is 13.1. The van der Waals surface area contributed by atoms with E-state index in [1.807, 2.05) is 6.20 Å². The zero-order valence-corrected chi connectivity index (χ0v) is 11.1. The molecule has 6 nitrogen and oxygen atoms in total. The molecule has 2 aliphatic rings. The van der Waals surface area contributed by atoms with Crippen molar-refractivity contribution in [3.8, 4) is 0 Å². The summed E-state index contributed by atoms with van der Waals surface area (Å²) >= 11 is 0. The lowest BCUT2D eigenvalue weighted by Gasteiger charge is -2.27. The SMILES string of the molecule is O=C(NCc1cnn2c1CCCC2)N1CCOCC1. The Balaban J connectivity index is 1.57. The standard InChI is InChI=1S/C13H20N4O2/c18-13(16-5-7-19-8-6-16)14-9-11-10-15-17-4-2-1-3-12(11)17/h10H,1-9H2,(H,14,18). The van der Waals surface area contributed by atoms with Crippen LogP contribution in [0.2, 0.25) is 0 Å². The van der Waals surface area contributed by atoms with Gasteiger partial charge in [-0.2, -0.15) is 5.10 Å². The summed E-state index contributed by atoms with van der Waals surface area (Å²) in [5, 5.41) is 7.36. The molecule has 1 aromatic rings. The van der Waals surface area contributed by atoms with E-state index in [1.165, 1.54) is 18.5 Å². The molecule has 0 saturated carbocycles. The second-order valence-corrected chi connectivity index (χ2v) is 5.05. The number of aryl methyl sites for hydroxylation is 1. The van der Waals surface area contributed by atoms with Crippen molar-refractivity contribution in [1.29, 1.82) is 0 Å². The van der Waals surface area contributed by atoms with E-state index in [0.717, 1.165) is 18.5 Å². The Morgan fingerprint density at radius 3 is 3.00 bits per heavy atom. The number of hydrogen-bond acceptors (Lipinski definition) is 3. The van der Waals surface area contributed by atoms with Crippen LogP contribution in [-0.2, 0) is 24.2 Å². The maximum atomic E-state index is 12.0. The number of aromatic nitrogens is 2. The Bertz CT molecular complexity index is 451. The minimum Gasteiger partial charge on any atom is -0.378 e. The van der Waals surface area contributed by atoms with Crippen molar-refractivity contribution in [3.63, 3.8) is 0 Å². The van der Waals surface area contributed by atoms with Gasteiger partial charge >= 0.3 is 6.03 Å². The van der Waals surface area contributed by atoms with Gasteiger partial charge in [-0.1, -0.05) is 0 Å². The topological polar surface area (TPSA) is 59.4 Å². The quantitative estimate of drug-likeness (QED) is 0.858. The van der Waals surface area contributed by atoms with E-state index in [-0.39, 0.29) is 6.03 Å². The third-order valence-corrected chi connectivity index (χ3v) is 3.80. The number of carbonyl (C=O) groups is 1. The van der Waals surface area contributed by atoms with Crippen molar-refractivity contribution in [1.82, 2.24) is 20.0 Å². The molecule has 3 rings (SSSR count). The fourth-order valence-electron chi connectivity index (χ4n) is 2.68. The van der Waals surface area contributed by atoms with Crippen LogP contribution in [0.4, 0.5) is 4.79 Å². The summed E-state index contributed by atoms with van der Waals surface area (Å²) in [4.78, 5) is 13.8. The second-order valence-electron chi connectivity index (χ2n) is 5.05. The van der Waals surface area contributed by atoms with E-state index in [1.54, 1.807) is 4.90 Å². The Kier molecular flexibility index (Phi) is 3.68. The summed E-state index contributed by atoms with van der Waals surface area (Å²) in [5.74, 6) is 0. The highest BCUT2D eigenvalue weighted by molar-refractivity contribution is 5.74. The molecular weight excluding hydrogens is 244 g/mol. The highest BCUT2D eigenvalue weighted by Crippen LogP contribution is 2.17. The van der Waals surface area contributed by atoms with Crippen molar-refractivity contribution in [2.45, 2.75) is 32.4 Å². The van der Waals surface area contributed by atoms with E-state index in [4.69, 9.17) is 4.74 Å². The third kappa shape index (κ3) is 2.73. The van der Waals surface area contributed by atoms with Gasteiger partial charge in [0.05, 0.1) is 19.4 Å². The molecule has 2 amide bonds. The monoisotopic (exact) mass is 264 g/mol. The van der Waals surface area contributed by atoms with Crippen molar-refractivity contribution in [2.75, 3.05) is 26.3 Å². The van der Waals surface area contributed by atoms with E-state index in [2.05, 4.69) is 15.1 Å². The number of carbonyl (C=O) groups excluding carboxylic acids is 1. The van der Waals surface area contributed by atoms with Crippen LogP contribution in [0.25, 0.3) is 0 Å². The van der Waals surface area contributed by atoms with Gasteiger partial charge in [-0.3, -0.25) is 4.68 Å². The third-order valence-electron chi connectivity index (χ3n) is 3.80. The predicted octanol–water partition coefficient (Wildman–Crippen LogP) is 0.761. The van der Waals surface area contributed by atoms with Gasteiger partial charge in [0.2, 0.25) is 0 Å². The summed E-state index contributed by atoms with van der Waals surface area (Å²) in [6.45, 7) is 4.21. The fraction of sp³-hybridized carbons (Fsp3) is 0.692. The smallest absolute Gasteiger partial charge is 0.317 e. The first-order valence-electron chi connectivity index (χ1n) is 6.98. The number of urea groups is 1. The lowest BCUT2D eigenvalue weighted by Crippen LogP contribution is -2.45. The van der Waals surface area contributed by atoms with Gasteiger partial charge in [0, 0.05) is 37.4 Å². The highest BCUT2D eigenvalue weighted by Gasteiger charge is 2.18. The van der Waals surface area contributed by atoms with Crippen molar-refractivity contribution >= 4 is 6.03 Å². The Hall–Kier alpha value is -1.56. The molecule has 0 spiro atoms. The molecule has 0 unspecified atom stereocenters. The fourth-order valence-corrected chi connectivity index (χ4v) is 2.68. The molecule has 2 aliphatic heterocycles. The molecule has 0 aromatic carbocycles. The molecule has 104 valence electrons. The van der Waals surface area contributed by atoms with Gasteiger partial charge in [0.15, 0.2) is 0 Å². The zero-order valence-electron chi connectivity index (χ0n) is 11.1. The van der Waals surface area contributed by atoms with E-state index >= 15 is 0 Å². The molecule has 3 heterocycles. The van der Waals surface area contributed by atoms with Crippen molar-refractivity contribution in [2.24, 2.45) is 0 Å². The largest absolute Gasteiger partial charge is 0.378 e. The van der Waals surface area contributed by atoms with Gasteiger partial charge in [0.25, 0.3) is 0 Å². The van der Waals surface area contributed by atoms with Crippen LogP contribution >= 0.6 is 0 Å². The van der Waals surface area contributed by atoms with Crippen molar-refractivity contribution < 1.29 is 9.53 Å². The van der Waals surface area contributed by atoms with E-state index in [9.17, 15) is 4.79 Å². The van der Waals surface area contributed by atoms with Gasteiger partial charge in [0.1, 0.15) is 0 Å². The summed E-state index contributed by atoms with van der Waals surface area (Å²) in [7, 11) is 0.